The molecule has 3 heterocycles. The Morgan fingerprint density at radius 1 is 1.12 bits per heavy atom. The highest BCUT2D eigenvalue weighted by atomic mass is 19.3. The van der Waals surface area contributed by atoms with E-state index < -0.39 is 18.3 Å². The summed E-state index contributed by atoms with van der Waals surface area (Å²) in [4.78, 5) is 28.9. The molecule has 1 aliphatic rings. The summed E-state index contributed by atoms with van der Waals surface area (Å²) in [5, 5.41) is 3.01. The molecule has 0 bridgehead atoms. The molecule has 0 spiro atoms. The van der Waals surface area contributed by atoms with Crippen molar-refractivity contribution in [1.82, 2.24) is 24.4 Å². The van der Waals surface area contributed by atoms with Crippen LogP contribution in [0.25, 0.3) is 16.9 Å². The van der Waals surface area contributed by atoms with Crippen molar-refractivity contribution in [2.75, 3.05) is 50.6 Å². The van der Waals surface area contributed by atoms with Gasteiger partial charge in [0.1, 0.15) is 17.7 Å². The van der Waals surface area contributed by atoms with Gasteiger partial charge in [0, 0.05) is 33.3 Å². The number of aromatic nitrogens is 4. The summed E-state index contributed by atoms with van der Waals surface area (Å²) in [7, 11) is 3.31. The molecule has 1 N–H and O–H groups in total. The molecule has 11 heteroatoms. The second-order valence-electron chi connectivity index (χ2n) is 7.70. The molecule has 1 atom stereocenters. The van der Waals surface area contributed by atoms with E-state index in [2.05, 4.69) is 20.3 Å². The minimum absolute atomic E-state index is 0.159. The molecule has 0 unspecified atom stereocenters. The lowest BCUT2D eigenvalue weighted by Gasteiger charge is -2.28. The Bertz CT molecular complexity index is 1110. The average Bonchev–Trinajstić information content (AvgIpc) is 3.19. The maximum Gasteiger partial charge on any atom is 0.296 e. The van der Waals surface area contributed by atoms with E-state index >= 15 is 0 Å². The van der Waals surface area contributed by atoms with E-state index in [0.717, 1.165) is 0 Å². The van der Waals surface area contributed by atoms with Gasteiger partial charge in [0.2, 0.25) is 11.9 Å². The first-order valence-electron chi connectivity index (χ1n) is 10.3. The molecule has 1 aromatic carbocycles. The number of carbonyl (C=O) groups is 1. The third-order valence-corrected chi connectivity index (χ3v) is 5.20. The van der Waals surface area contributed by atoms with E-state index in [0.29, 0.717) is 43.2 Å². The van der Waals surface area contributed by atoms with E-state index in [4.69, 9.17) is 4.74 Å². The third kappa shape index (κ3) is 4.33. The normalized spacial score (nSPS) is 15.2. The average molecular weight is 445 g/mol. The van der Waals surface area contributed by atoms with Crippen molar-refractivity contribution in [3.63, 3.8) is 0 Å². The van der Waals surface area contributed by atoms with Crippen LogP contribution in [-0.4, -0.2) is 76.8 Å². The second kappa shape index (κ2) is 9.03. The number of benzene rings is 1. The Balaban J connectivity index is 1.84. The highest BCUT2D eigenvalue weighted by Crippen LogP contribution is 2.29. The van der Waals surface area contributed by atoms with Gasteiger partial charge in [-0.05, 0) is 19.1 Å². The van der Waals surface area contributed by atoms with E-state index in [9.17, 15) is 13.6 Å². The molecule has 4 rings (SSSR count). The minimum atomic E-state index is -2.80. The van der Waals surface area contributed by atoms with Gasteiger partial charge in [-0.1, -0.05) is 12.1 Å². The van der Waals surface area contributed by atoms with Gasteiger partial charge in [0.05, 0.1) is 24.2 Å². The van der Waals surface area contributed by atoms with Crippen molar-refractivity contribution in [1.29, 1.82) is 0 Å². The number of imidazole rings is 1. The number of likely N-dealkylation sites (N-methyl/N-ethyl adjacent to an activating group) is 1. The summed E-state index contributed by atoms with van der Waals surface area (Å²) in [5.74, 6) is 0.417. The van der Waals surface area contributed by atoms with Gasteiger partial charge in [-0.15, -0.1) is 0 Å². The van der Waals surface area contributed by atoms with Crippen molar-refractivity contribution in [2.45, 2.75) is 19.4 Å². The SMILES string of the molecule is C[C@H](Nc1nc(N2CCOCC2)cc(-n2c(C(F)F)nc3ccccc32)n1)C(=O)N(C)C. The first-order chi connectivity index (χ1) is 15.3. The number of para-hydroxylation sites is 2. The van der Waals surface area contributed by atoms with E-state index in [1.165, 1.54) is 9.47 Å². The molecule has 9 nitrogen and oxygen atoms in total. The summed E-state index contributed by atoms with van der Waals surface area (Å²) in [6.07, 6.45) is -2.80. The Hall–Kier alpha value is -3.34. The molecule has 1 aliphatic heterocycles. The maximum atomic E-state index is 13.9. The monoisotopic (exact) mass is 445 g/mol. The largest absolute Gasteiger partial charge is 0.378 e. The lowest BCUT2D eigenvalue weighted by atomic mass is 10.3. The van der Waals surface area contributed by atoms with Crippen LogP contribution in [0.4, 0.5) is 20.5 Å². The van der Waals surface area contributed by atoms with Gasteiger partial charge >= 0.3 is 0 Å². The molecule has 2 aromatic heterocycles. The van der Waals surface area contributed by atoms with E-state index in [1.54, 1.807) is 51.4 Å². The number of morpholine rings is 1. The number of ether oxygens (including phenoxy) is 1. The lowest BCUT2D eigenvalue weighted by molar-refractivity contribution is -0.129. The van der Waals surface area contributed by atoms with Crippen molar-refractivity contribution in [2.24, 2.45) is 0 Å². The van der Waals surface area contributed by atoms with Crippen LogP contribution in [0.1, 0.15) is 19.2 Å². The fourth-order valence-electron chi connectivity index (χ4n) is 3.63. The van der Waals surface area contributed by atoms with Crippen LogP contribution >= 0.6 is 0 Å². The summed E-state index contributed by atoms with van der Waals surface area (Å²) in [6.45, 7) is 3.98. The highest BCUT2D eigenvalue weighted by Gasteiger charge is 2.24. The molecule has 3 aromatic rings. The van der Waals surface area contributed by atoms with Crippen molar-refractivity contribution in [3.05, 3.63) is 36.2 Å². The van der Waals surface area contributed by atoms with Crippen LogP contribution in [0.2, 0.25) is 0 Å². The van der Waals surface area contributed by atoms with Gasteiger partial charge in [0.25, 0.3) is 6.43 Å². The number of fused-ring (bicyclic) bond motifs is 1. The predicted molar refractivity (Wildman–Crippen MR) is 116 cm³/mol. The van der Waals surface area contributed by atoms with Crippen LogP contribution in [0, 0.1) is 0 Å². The number of nitrogens with one attached hydrogen (secondary N) is 1. The van der Waals surface area contributed by atoms with Gasteiger partial charge in [-0.25, -0.2) is 13.8 Å². The second-order valence-corrected chi connectivity index (χ2v) is 7.70. The molecule has 0 aliphatic carbocycles. The summed E-state index contributed by atoms with van der Waals surface area (Å²) in [6, 6.07) is 7.96. The minimum Gasteiger partial charge on any atom is -0.378 e. The Morgan fingerprint density at radius 3 is 2.50 bits per heavy atom. The van der Waals surface area contributed by atoms with Crippen molar-refractivity contribution in [3.8, 4) is 5.82 Å². The topological polar surface area (TPSA) is 88.4 Å². The molecule has 1 saturated heterocycles. The van der Waals surface area contributed by atoms with Gasteiger partial charge < -0.3 is 19.9 Å². The molecule has 32 heavy (non-hydrogen) atoms. The Labute approximate surface area is 184 Å². The quantitative estimate of drug-likeness (QED) is 0.624. The number of nitrogens with zero attached hydrogens (tertiary/aromatic N) is 6. The summed E-state index contributed by atoms with van der Waals surface area (Å²) < 4.78 is 34.5. The number of anilines is 2. The molecule has 170 valence electrons. The number of rotatable bonds is 6. The first-order valence-corrected chi connectivity index (χ1v) is 10.3. The van der Waals surface area contributed by atoms with E-state index in [-0.39, 0.29) is 17.7 Å². The fourth-order valence-corrected chi connectivity index (χ4v) is 3.63. The van der Waals surface area contributed by atoms with Crippen LogP contribution in [0.15, 0.2) is 30.3 Å². The number of halogens is 2. The number of carbonyl (C=O) groups excluding carboxylic acids is 1. The molecule has 1 amide bonds. The number of alkyl halides is 2. The standard InChI is InChI=1S/C21H25F2N7O2/c1-13(20(31)28(2)3)24-21-26-16(29-8-10-32-11-9-29)12-17(27-21)30-15-7-5-4-6-14(15)25-19(30)18(22)23/h4-7,12-13,18H,8-11H2,1-3H3,(H,24,26,27)/t13-/m0/s1. The van der Waals surface area contributed by atoms with Gasteiger partial charge in [0.15, 0.2) is 5.82 Å². The number of hydrogen-bond acceptors (Lipinski definition) is 7. The third-order valence-electron chi connectivity index (χ3n) is 5.20. The molecule has 0 radical (unpaired) electrons. The number of hydrogen-bond donors (Lipinski definition) is 1. The van der Waals surface area contributed by atoms with Crippen LogP contribution in [-0.2, 0) is 9.53 Å². The van der Waals surface area contributed by atoms with Crippen LogP contribution in [0.5, 0.6) is 0 Å². The van der Waals surface area contributed by atoms with Crippen molar-refractivity contribution >= 4 is 28.7 Å². The smallest absolute Gasteiger partial charge is 0.296 e. The van der Waals surface area contributed by atoms with Crippen LogP contribution < -0.4 is 10.2 Å². The predicted octanol–water partition coefficient (Wildman–Crippen LogP) is 2.48. The lowest BCUT2D eigenvalue weighted by Crippen LogP contribution is -2.38. The van der Waals surface area contributed by atoms with Crippen molar-refractivity contribution < 1.29 is 18.3 Å². The summed E-state index contributed by atoms with van der Waals surface area (Å²) >= 11 is 0. The molecule has 1 fully saturated rings. The fraction of sp³-hybridized carbons (Fsp3) is 0.429. The highest BCUT2D eigenvalue weighted by molar-refractivity contribution is 5.83. The first kappa shape index (κ1) is 21.9. The van der Waals surface area contributed by atoms with Gasteiger partial charge in [-0.3, -0.25) is 9.36 Å². The maximum absolute atomic E-state index is 13.9. The Morgan fingerprint density at radius 2 is 1.81 bits per heavy atom. The zero-order valence-corrected chi connectivity index (χ0v) is 18.1. The summed E-state index contributed by atoms with van der Waals surface area (Å²) in [5.41, 5.74) is 0.956. The molecular formula is C21H25F2N7O2. The van der Waals surface area contributed by atoms with Gasteiger partial charge in [-0.2, -0.15) is 9.97 Å². The zero-order valence-electron chi connectivity index (χ0n) is 18.1. The Kier molecular flexibility index (Phi) is 6.17. The molecular weight excluding hydrogens is 420 g/mol. The van der Waals surface area contributed by atoms with E-state index in [1.807, 2.05) is 4.90 Å². The zero-order chi connectivity index (χ0) is 22.8. The number of amides is 1. The molecule has 0 saturated carbocycles. The van der Waals surface area contributed by atoms with Crippen LogP contribution in [0.3, 0.4) is 0 Å².